The highest BCUT2D eigenvalue weighted by Crippen LogP contribution is 2.20. The van der Waals surface area contributed by atoms with Crippen LogP contribution in [-0.2, 0) is 21.5 Å². The fraction of sp³-hybridized carbons (Fsp3) is 0.818. The van der Waals surface area contributed by atoms with Crippen LogP contribution >= 0.6 is 0 Å². The molecular formula is C11H19N3O3. The van der Waals surface area contributed by atoms with Crippen LogP contribution in [-0.4, -0.2) is 43.1 Å². The Kier molecular flexibility index (Phi) is 3.76. The van der Waals surface area contributed by atoms with E-state index in [2.05, 4.69) is 15.5 Å². The van der Waals surface area contributed by atoms with Crippen LogP contribution in [0.25, 0.3) is 0 Å². The first-order valence-electron chi connectivity index (χ1n) is 5.82. The standard InChI is InChI=1S/C11H19N3O3/c1-11(2,15-3)10-13-9(17-14-10)6-8-7-12-4-5-16-8/h8,12H,4-7H2,1-3H3. The monoisotopic (exact) mass is 241 g/mol. The fourth-order valence-corrected chi connectivity index (χ4v) is 1.62. The lowest BCUT2D eigenvalue weighted by atomic mass is 10.1. The van der Waals surface area contributed by atoms with Crippen molar-refractivity contribution in [3.8, 4) is 0 Å². The number of morpholine rings is 1. The number of nitrogens with one attached hydrogen (secondary N) is 1. The van der Waals surface area contributed by atoms with Crippen molar-refractivity contribution < 1.29 is 14.0 Å². The third-order valence-electron chi connectivity index (χ3n) is 2.92. The minimum Gasteiger partial charge on any atom is -0.375 e. The Labute approximate surface area is 101 Å². The summed E-state index contributed by atoms with van der Waals surface area (Å²) in [5.74, 6) is 1.16. The Morgan fingerprint density at radius 2 is 2.35 bits per heavy atom. The number of nitrogens with zero attached hydrogens (tertiary/aromatic N) is 2. The van der Waals surface area contributed by atoms with Crippen LogP contribution in [0, 0.1) is 0 Å². The van der Waals surface area contributed by atoms with Gasteiger partial charge in [-0.2, -0.15) is 4.98 Å². The van der Waals surface area contributed by atoms with E-state index in [9.17, 15) is 0 Å². The van der Waals surface area contributed by atoms with Crippen LogP contribution in [0.1, 0.15) is 25.6 Å². The highest BCUT2D eigenvalue weighted by molar-refractivity contribution is 4.98. The SMILES string of the molecule is COC(C)(C)c1noc(CC2CNCCO2)n1. The Morgan fingerprint density at radius 1 is 1.53 bits per heavy atom. The molecule has 96 valence electrons. The number of hydrogen-bond donors (Lipinski definition) is 1. The quantitative estimate of drug-likeness (QED) is 0.827. The molecule has 0 amide bonds. The van der Waals surface area contributed by atoms with E-state index >= 15 is 0 Å². The second-order valence-electron chi connectivity index (χ2n) is 4.63. The molecule has 6 nitrogen and oxygen atoms in total. The minimum atomic E-state index is -0.520. The zero-order chi connectivity index (χ0) is 12.3. The predicted molar refractivity (Wildman–Crippen MR) is 60.6 cm³/mol. The van der Waals surface area contributed by atoms with Crippen LogP contribution < -0.4 is 5.32 Å². The maximum absolute atomic E-state index is 5.58. The summed E-state index contributed by atoms with van der Waals surface area (Å²) in [6, 6.07) is 0. The molecule has 17 heavy (non-hydrogen) atoms. The largest absolute Gasteiger partial charge is 0.375 e. The van der Waals surface area contributed by atoms with Gasteiger partial charge in [-0.25, -0.2) is 0 Å². The lowest BCUT2D eigenvalue weighted by Gasteiger charge is -2.22. The van der Waals surface area contributed by atoms with Crippen molar-refractivity contribution in [2.45, 2.75) is 32.0 Å². The zero-order valence-electron chi connectivity index (χ0n) is 10.5. The second-order valence-corrected chi connectivity index (χ2v) is 4.63. The van der Waals surface area contributed by atoms with Gasteiger partial charge in [0.15, 0.2) is 0 Å². The van der Waals surface area contributed by atoms with Crippen LogP contribution in [0.4, 0.5) is 0 Å². The molecule has 1 saturated heterocycles. The van der Waals surface area contributed by atoms with Crippen molar-refractivity contribution in [1.82, 2.24) is 15.5 Å². The molecule has 1 aromatic rings. The summed E-state index contributed by atoms with van der Waals surface area (Å²) in [6.07, 6.45) is 0.752. The van der Waals surface area contributed by atoms with Gasteiger partial charge in [0.2, 0.25) is 11.7 Å². The highest BCUT2D eigenvalue weighted by Gasteiger charge is 2.27. The minimum absolute atomic E-state index is 0.114. The molecule has 0 radical (unpaired) electrons. The van der Waals surface area contributed by atoms with E-state index in [-0.39, 0.29) is 6.10 Å². The molecule has 0 aromatic carbocycles. The Balaban J connectivity index is 1.98. The van der Waals surface area contributed by atoms with Gasteiger partial charge in [0, 0.05) is 20.2 Å². The normalized spacial score (nSPS) is 21.7. The molecule has 1 aromatic heterocycles. The summed E-state index contributed by atoms with van der Waals surface area (Å²) in [5, 5.41) is 7.20. The lowest BCUT2D eigenvalue weighted by molar-refractivity contribution is 0.00973. The maximum Gasteiger partial charge on any atom is 0.229 e. The van der Waals surface area contributed by atoms with Gasteiger partial charge in [0.25, 0.3) is 0 Å². The fourth-order valence-electron chi connectivity index (χ4n) is 1.62. The zero-order valence-corrected chi connectivity index (χ0v) is 10.5. The van der Waals surface area contributed by atoms with Crippen molar-refractivity contribution in [2.24, 2.45) is 0 Å². The van der Waals surface area contributed by atoms with E-state index in [0.29, 0.717) is 18.1 Å². The van der Waals surface area contributed by atoms with E-state index in [1.165, 1.54) is 0 Å². The van der Waals surface area contributed by atoms with E-state index in [1.54, 1.807) is 7.11 Å². The molecule has 1 unspecified atom stereocenters. The maximum atomic E-state index is 5.58. The van der Waals surface area contributed by atoms with Crippen LogP contribution in [0.5, 0.6) is 0 Å². The molecule has 2 heterocycles. The van der Waals surface area contributed by atoms with Crippen molar-refractivity contribution in [3.63, 3.8) is 0 Å². The molecule has 1 aliphatic rings. The Morgan fingerprint density at radius 3 is 3.00 bits per heavy atom. The number of hydrogen-bond acceptors (Lipinski definition) is 6. The summed E-state index contributed by atoms with van der Waals surface area (Å²) in [6.45, 7) is 6.27. The molecule has 0 bridgehead atoms. The average molecular weight is 241 g/mol. The number of ether oxygens (including phenoxy) is 2. The van der Waals surface area contributed by atoms with Gasteiger partial charge in [-0.15, -0.1) is 0 Å². The molecule has 0 aliphatic carbocycles. The van der Waals surface area contributed by atoms with E-state index in [0.717, 1.165) is 19.7 Å². The van der Waals surface area contributed by atoms with E-state index < -0.39 is 5.60 Å². The lowest BCUT2D eigenvalue weighted by Crippen LogP contribution is -2.39. The number of rotatable bonds is 4. The molecule has 1 atom stereocenters. The predicted octanol–water partition coefficient (Wildman–Crippen LogP) is 0.482. The molecule has 0 spiro atoms. The van der Waals surface area contributed by atoms with Crippen LogP contribution in [0.15, 0.2) is 4.52 Å². The van der Waals surface area contributed by atoms with Gasteiger partial charge in [-0.3, -0.25) is 0 Å². The van der Waals surface area contributed by atoms with Gasteiger partial charge in [-0.05, 0) is 13.8 Å². The Hall–Kier alpha value is -0.980. The van der Waals surface area contributed by atoms with Crippen molar-refractivity contribution in [3.05, 3.63) is 11.7 Å². The third kappa shape index (κ3) is 3.02. The average Bonchev–Trinajstić information content (AvgIpc) is 2.80. The van der Waals surface area contributed by atoms with E-state index in [1.807, 2.05) is 13.8 Å². The molecular weight excluding hydrogens is 222 g/mol. The smallest absolute Gasteiger partial charge is 0.229 e. The first-order chi connectivity index (χ1) is 8.12. The van der Waals surface area contributed by atoms with Crippen LogP contribution in [0.3, 0.4) is 0 Å². The third-order valence-corrected chi connectivity index (χ3v) is 2.92. The van der Waals surface area contributed by atoms with Crippen molar-refractivity contribution in [2.75, 3.05) is 26.8 Å². The molecule has 1 aliphatic heterocycles. The van der Waals surface area contributed by atoms with Gasteiger partial charge in [0.1, 0.15) is 5.60 Å². The summed E-state index contributed by atoms with van der Waals surface area (Å²) in [5.41, 5.74) is -0.520. The van der Waals surface area contributed by atoms with Gasteiger partial charge in [-0.1, -0.05) is 5.16 Å². The highest BCUT2D eigenvalue weighted by atomic mass is 16.5. The molecule has 0 saturated carbocycles. The summed E-state index contributed by atoms with van der Waals surface area (Å²) >= 11 is 0. The van der Waals surface area contributed by atoms with Gasteiger partial charge in [0.05, 0.1) is 19.1 Å². The number of aromatic nitrogens is 2. The molecule has 2 rings (SSSR count). The van der Waals surface area contributed by atoms with Gasteiger partial charge < -0.3 is 19.3 Å². The molecule has 1 fully saturated rings. The van der Waals surface area contributed by atoms with Crippen molar-refractivity contribution >= 4 is 0 Å². The molecule has 1 N–H and O–H groups in total. The summed E-state index contributed by atoms with van der Waals surface area (Å²) in [7, 11) is 1.63. The van der Waals surface area contributed by atoms with Crippen LogP contribution in [0.2, 0.25) is 0 Å². The first kappa shape index (κ1) is 12.5. The summed E-state index contributed by atoms with van der Waals surface area (Å²) in [4.78, 5) is 4.34. The molecule has 6 heteroatoms. The van der Waals surface area contributed by atoms with E-state index in [4.69, 9.17) is 14.0 Å². The first-order valence-corrected chi connectivity index (χ1v) is 5.82. The van der Waals surface area contributed by atoms with Gasteiger partial charge >= 0.3 is 0 Å². The Bertz CT molecular complexity index is 359. The summed E-state index contributed by atoms with van der Waals surface area (Å²) < 4.78 is 16.1. The second kappa shape index (κ2) is 5.12. The topological polar surface area (TPSA) is 69.4 Å². The number of methoxy groups -OCH3 is 1. The van der Waals surface area contributed by atoms with Crippen molar-refractivity contribution in [1.29, 1.82) is 0 Å².